The van der Waals surface area contributed by atoms with Crippen molar-refractivity contribution in [1.29, 1.82) is 0 Å². The van der Waals surface area contributed by atoms with Crippen LogP contribution in [0.1, 0.15) is 47.2 Å². The van der Waals surface area contributed by atoms with Crippen molar-refractivity contribution < 1.29 is 24.2 Å². The quantitative estimate of drug-likeness (QED) is 0.670. The molecule has 2 atom stereocenters. The lowest BCUT2D eigenvalue weighted by Gasteiger charge is -2.16. The van der Waals surface area contributed by atoms with Gasteiger partial charge in [-0.1, -0.05) is 0 Å². The normalized spacial score (nSPS) is 13.6. The third-order valence-corrected chi connectivity index (χ3v) is 4.23. The monoisotopic (exact) mass is 330 g/mol. The molecule has 2 unspecified atom stereocenters. The molecule has 124 valence electrons. The van der Waals surface area contributed by atoms with Gasteiger partial charge in [-0.2, -0.15) is 0 Å². The van der Waals surface area contributed by atoms with Crippen LogP contribution in [0.5, 0.6) is 0 Å². The van der Waals surface area contributed by atoms with Crippen molar-refractivity contribution in [3.63, 3.8) is 0 Å². The van der Waals surface area contributed by atoms with E-state index >= 15 is 0 Å². The molecule has 0 aliphatic carbocycles. The van der Waals surface area contributed by atoms with Gasteiger partial charge >= 0.3 is 5.97 Å². The van der Waals surface area contributed by atoms with E-state index in [0.29, 0.717) is 30.5 Å². The predicted molar refractivity (Wildman–Crippen MR) is 82.3 cm³/mol. The Kier molecular flexibility index (Phi) is 7.43. The second-order valence-corrected chi connectivity index (χ2v) is 5.74. The van der Waals surface area contributed by atoms with Crippen molar-refractivity contribution in [2.24, 2.45) is 0 Å². The first-order chi connectivity index (χ1) is 10.4. The molecule has 1 aromatic rings. The van der Waals surface area contributed by atoms with E-state index in [1.165, 1.54) is 0 Å². The molecule has 0 spiro atoms. The summed E-state index contributed by atoms with van der Waals surface area (Å²) in [5.74, 6) is -1.28. The minimum absolute atomic E-state index is 0.192. The number of aromatic carboxylic acids is 1. The zero-order chi connectivity index (χ0) is 16.7. The lowest BCUT2D eigenvalue weighted by Crippen LogP contribution is -2.36. The van der Waals surface area contributed by atoms with Gasteiger partial charge in [0.25, 0.3) is 0 Å². The number of rotatable bonds is 9. The van der Waals surface area contributed by atoms with E-state index in [1.54, 1.807) is 20.8 Å². The Hall–Kier alpha value is -1.51. The maximum Gasteiger partial charge on any atom is 0.347 e. The summed E-state index contributed by atoms with van der Waals surface area (Å²) in [4.78, 5) is 27.4. The Morgan fingerprint density at radius 2 is 2.05 bits per heavy atom. The lowest BCUT2D eigenvalue weighted by molar-refractivity contribution is -0.133. The third kappa shape index (κ3) is 5.36. The largest absolute Gasteiger partial charge is 0.477 e. The topological polar surface area (TPSA) is 97.8 Å². The number of aromatic nitrogens is 1. The zero-order valence-electron chi connectivity index (χ0n) is 13.2. The number of hydrogen-bond acceptors (Lipinski definition) is 6. The predicted octanol–water partition coefficient (Wildman–Crippen LogP) is 1.77. The maximum atomic E-state index is 12.0. The summed E-state index contributed by atoms with van der Waals surface area (Å²) in [6.45, 7) is 8.33. The number of ether oxygens (including phenoxy) is 2. The highest BCUT2D eigenvalue weighted by Crippen LogP contribution is 2.23. The molecule has 7 nitrogen and oxygen atoms in total. The zero-order valence-corrected chi connectivity index (χ0v) is 14.0. The summed E-state index contributed by atoms with van der Waals surface area (Å²) in [6.07, 6.45) is -0.608. The number of carboxylic acids is 1. The van der Waals surface area contributed by atoms with Crippen LogP contribution in [0.4, 0.5) is 0 Å². The number of carboxylic acid groups (broad SMARTS) is 1. The van der Waals surface area contributed by atoms with Gasteiger partial charge in [0.05, 0.1) is 24.9 Å². The lowest BCUT2D eigenvalue weighted by atomic mass is 10.3. The Morgan fingerprint density at radius 1 is 1.36 bits per heavy atom. The molecule has 0 aromatic carbocycles. The molecule has 0 fully saturated rings. The van der Waals surface area contributed by atoms with Gasteiger partial charge in [0.1, 0.15) is 16.0 Å². The van der Waals surface area contributed by atoms with Crippen LogP contribution < -0.4 is 5.32 Å². The Balaban J connectivity index is 2.53. The molecule has 1 heterocycles. The molecule has 1 aromatic heterocycles. The number of carbonyl (C=O) groups excluding carboxylic acids is 1. The summed E-state index contributed by atoms with van der Waals surface area (Å²) >= 11 is 1.07. The minimum Gasteiger partial charge on any atom is -0.477 e. The number of aryl methyl sites for hydroxylation is 1. The molecule has 1 rings (SSSR count). The van der Waals surface area contributed by atoms with E-state index in [2.05, 4.69) is 10.3 Å². The Labute approximate surface area is 133 Å². The van der Waals surface area contributed by atoms with Crippen molar-refractivity contribution in [2.75, 3.05) is 19.8 Å². The first-order valence-corrected chi connectivity index (χ1v) is 7.88. The van der Waals surface area contributed by atoms with Gasteiger partial charge in [-0.25, -0.2) is 9.78 Å². The standard InChI is InChI=1S/C14H22N2O5S/c1-5-20-6-7-21-10(4)12(17)15-9(3)13-16-8(2)11(22-13)14(18)19/h9-10H,5-7H2,1-4H3,(H,15,17)(H,18,19). The summed E-state index contributed by atoms with van der Waals surface area (Å²) in [6, 6.07) is -0.373. The fourth-order valence-electron chi connectivity index (χ4n) is 1.70. The molecule has 0 saturated heterocycles. The molecule has 0 aliphatic heterocycles. The van der Waals surface area contributed by atoms with Crippen LogP contribution >= 0.6 is 11.3 Å². The van der Waals surface area contributed by atoms with Crippen LogP contribution in [0.2, 0.25) is 0 Å². The van der Waals surface area contributed by atoms with Gasteiger partial charge < -0.3 is 19.9 Å². The van der Waals surface area contributed by atoms with E-state index in [9.17, 15) is 9.59 Å². The Bertz CT molecular complexity index is 517. The molecular formula is C14H22N2O5S. The first kappa shape index (κ1) is 18.5. The number of amides is 1. The SMILES string of the molecule is CCOCCOC(C)C(=O)NC(C)c1nc(C)c(C(=O)O)s1. The van der Waals surface area contributed by atoms with Gasteiger partial charge in [0, 0.05) is 6.61 Å². The van der Waals surface area contributed by atoms with Gasteiger partial charge in [-0.05, 0) is 27.7 Å². The van der Waals surface area contributed by atoms with Crippen molar-refractivity contribution in [1.82, 2.24) is 10.3 Å². The van der Waals surface area contributed by atoms with Crippen molar-refractivity contribution in [2.45, 2.75) is 39.8 Å². The molecule has 0 aliphatic rings. The van der Waals surface area contributed by atoms with Crippen molar-refractivity contribution in [3.05, 3.63) is 15.6 Å². The second kappa shape index (κ2) is 8.82. The van der Waals surface area contributed by atoms with Crippen molar-refractivity contribution >= 4 is 23.2 Å². The van der Waals surface area contributed by atoms with E-state index in [4.69, 9.17) is 14.6 Å². The average Bonchev–Trinajstić information content (AvgIpc) is 2.85. The number of carbonyl (C=O) groups is 2. The summed E-state index contributed by atoms with van der Waals surface area (Å²) in [7, 11) is 0. The van der Waals surface area contributed by atoms with Crippen LogP contribution in [-0.2, 0) is 14.3 Å². The number of hydrogen-bond donors (Lipinski definition) is 2. The molecule has 2 N–H and O–H groups in total. The van der Waals surface area contributed by atoms with Crippen LogP contribution in [0.3, 0.4) is 0 Å². The summed E-state index contributed by atoms with van der Waals surface area (Å²) in [5, 5.41) is 12.3. The van der Waals surface area contributed by atoms with Crippen LogP contribution in [0.15, 0.2) is 0 Å². The molecule has 0 radical (unpaired) electrons. The number of thiazole rings is 1. The first-order valence-electron chi connectivity index (χ1n) is 7.07. The Morgan fingerprint density at radius 3 is 2.59 bits per heavy atom. The highest BCUT2D eigenvalue weighted by Gasteiger charge is 2.21. The van der Waals surface area contributed by atoms with E-state index in [0.717, 1.165) is 11.3 Å². The summed E-state index contributed by atoms with van der Waals surface area (Å²) < 4.78 is 10.5. The van der Waals surface area contributed by atoms with Crippen LogP contribution in [0.25, 0.3) is 0 Å². The summed E-state index contributed by atoms with van der Waals surface area (Å²) in [5.41, 5.74) is 0.453. The molecular weight excluding hydrogens is 308 g/mol. The van der Waals surface area contributed by atoms with E-state index in [-0.39, 0.29) is 16.8 Å². The highest BCUT2D eigenvalue weighted by atomic mass is 32.1. The fraction of sp³-hybridized carbons (Fsp3) is 0.643. The molecule has 8 heteroatoms. The fourth-order valence-corrected chi connectivity index (χ4v) is 2.61. The number of nitrogens with one attached hydrogen (secondary N) is 1. The maximum absolute atomic E-state index is 12.0. The second-order valence-electron chi connectivity index (χ2n) is 4.71. The third-order valence-electron chi connectivity index (χ3n) is 2.91. The van der Waals surface area contributed by atoms with E-state index in [1.807, 2.05) is 6.92 Å². The molecule has 1 amide bonds. The molecule has 22 heavy (non-hydrogen) atoms. The minimum atomic E-state index is -1.01. The highest BCUT2D eigenvalue weighted by molar-refractivity contribution is 7.13. The smallest absolute Gasteiger partial charge is 0.347 e. The van der Waals surface area contributed by atoms with Gasteiger partial charge in [-0.15, -0.1) is 11.3 Å². The van der Waals surface area contributed by atoms with Crippen LogP contribution in [-0.4, -0.2) is 47.9 Å². The van der Waals surface area contributed by atoms with Gasteiger partial charge in [0.2, 0.25) is 5.91 Å². The molecule has 0 saturated carbocycles. The average molecular weight is 330 g/mol. The molecule has 0 bridgehead atoms. The van der Waals surface area contributed by atoms with Gasteiger partial charge in [-0.3, -0.25) is 4.79 Å². The van der Waals surface area contributed by atoms with Gasteiger partial charge in [0.15, 0.2) is 0 Å². The van der Waals surface area contributed by atoms with Crippen LogP contribution in [0, 0.1) is 6.92 Å². The number of nitrogens with zero attached hydrogens (tertiary/aromatic N) is 1. The van der Waals surface area contributed by atoms with Crippen molar-refractivity contribution in [3.8, 4) is 0 Å². The van der Waals surface area contributed by atoms with E-state index < -0.39 is 12.1 Å².